The Balaban J connectivity index is 1.57. The van der Waals surface area contributed by atoms with E-state index in [1.54, 1.807) is 18.7 Å². The van der Waals surface area contributed by atoms with Gasteiger partial charge in [-0.2, -0.15) is 0 Å². The topological polar surface area (TPSA) is 143 Å². The molecule has 4 atom stereocenters. The molecule has 12 nitrogen and oxygen atoms in total. The van der Waals surface area contributed by atoms with Crippen molar-refractivity contribution in [2.24, 2.45) is 5.41 Å². The smallest absolute Gasteiger partial charge is 0.416 e. The van der Waals surface area contributed by atoms with E-state index in [0.29, 0.717) is 0 Å². The van der Waals surface area contributed by atoms with E-state index in [9.17, 15) is 23.6 Å². The molecule has 5 heterocycles. The zero-order valence-corrected chi connectivity index (χ0v) is 19.2. The number of morpholine rings is 1. The van der Waals surface area contributed by atoms with Crippen molar-refractivity contribution in [3.8, 4) is 0 Å². The van der Waals surface area contributed by atoms with Crippen molar-refractivity contribution in [3.63, 3.8) is 0 Å². The monoisotopic (exact) mass is 505 g/mol. The minimum absolute atomic E-state index is 0.0548. The van der Waals surface area contributed by atoms with E-state index >= 15 is 4.39 Å². The molecule has 4 aliphatic rings. The number of cyclic esters (lactones) is 1. The fourth-order valence-corrected chi connectivity index (χ4v) is 5.94. The number of nitrogens with one attached hydrogen (secondary N) is 2. The van der Waals surface area contributed by atoms with Gasteiger partial charge in [-0.05, 0) is 25.5 Å². The van der Waals surface area contributed by atoms with Crippen molar-refractivity contribution in [1.29, 1.82) is 0 Å². The molecule has 190 valence electrons. The quantitative estimate of drug-likeness (QED) is 0.575. The van der Waals surface area contributed by atoms with E-state index < -0.39 is 60.0 Å². The molecular formula is C22H21F2N5O7. The number of ether oxygens (including phenoxy) is 2. The van der Waals surface area contributed by atoms with Gasteiger partial charge in [0.25, 0.3) is 0 Å². The van der Waals surface area contributed by atoms with Crippen LogP contribution in [0.5, 0.6) is 0 Å². The van der Waals surface area contributed by atoms with Gasteiger partial charge < -0.3 is 18.9 Å². The second-order valence-electron chi connectivity index (χ2n) is 9.47. The Hall–Kier alpha value is -3.81. The Bertz CT molecular complexity index is 1330. The van der Waals surface area contributed by atoms with Crippen LogP contribution >= 0.6 is 0 Å². The molecule has 3 fully saturated rings. The number of carbonyl (C=O) groups is 4. The highest BCUT2D eigenvalue weighted by Gasteiger charge is 2.63. The molecule has 1 aromatic carbocycles. The number of urea groups is 1. The molecule has 0 radical (unpaired) electrons. The maximum Gasteiger partial charge on any atom is 0.416 e. The Kier molecular flexibility index (Phi) is 4.78. The summed E-state index contributed by atoms with van der Waals surface area (Å²) in [4.78, 5) is 53.2. The SMILES string of the molecule is C[C@@H]1CN2c3c(cc4c(N5C(=O)OC[C@H]5CF)noc4c3F)CC3(C(=O)NC(=O)NC3=O)[C@H]2[C@H](C)O1. The van der Waals surface area contributed by atoms with Gasteiger partial charge in [0, 0.05) is 13.0 Å². The highest BCUT2D eigenvalue weighted by Crippen LogP contribution is 2.50. The second kappa shape index (κ2) is 7.59. The van der Waals surface area contributed by atoms with E-state index in [1.165, 1.54) is 6.07 Å². The summed E-state index contributed by atoms with van der Waals surface area (Å²) in [7, 11) is 0. The molecule has 2 N–H and O–H groups in total. The minimum Gasteiger partial charge on any atom is -0.447 e. The Labute approximate surface area is 201 Å². The first-order chi connectivity index (χ1) is 17.2. The molecule has 5 amide bonds. The molecular weight excluding hydrogens is 484 g/mol. The summed E-state index contributed by atoms with van der Waals surface area (Å²) < 4.78 is 45.7. The molecule has 0 unspecified atom stereocenters. The summed E-state index contributed by atoms with van der Waals surface area (Å²) in [6.07, 6.45) is -2.19. The molecule has 14 heteroatoms. The lowest BCUT2D eigenvalue weighted by atomic mass is 9.66. The summed E-state index contributed by atoms with van der Waals surface area (Å²) in [6, 6.07) is -1.38. The van der Waals surface area contributed by atoms with E-state index in [1.807, 2.05) is 0 Å². The van der Waals surface area contributed by atoms with Crippen LogP contribution in [-0.4, -0.2) is 73.2 Å². The number of aromatic nitrogens is 1. The molecule has 4 aliphatic heterocycles. The summed E-state index contributed by atoms with van der Waals surface area (Å²) in [6.45, 7) is 2.47. The number of nitrogens with zero attached hydrogens (tertiary/aromatic N) is 3. The normalized spacial score (nSPS) is 29.2. The van der Waals surface area contributed by atoms with E-state index in [-0.39, 0.29) is 53.7 Å². The maximum atomic E-state index is 16.1. The average Bonchev–Trinajstić information content (AvgIpc) is 3.39. The number of fused-ring (bicyclic) bond motifs is 5. The third-order valence-electron chi connectivity index (χ3n) is 7.31. The largest absolute Gasteiger partial charge is 0.447 e. The fourth-order valence-electron chi connectivity index (χ4n) is 5.94. The predicted molar refractivity (Wildman–Crippen MR) is 117 cm³/mol. The summed E-state index contributed by atoms with van der Waals surface area (Å²) in [5, 5.41) is 8.21. The van der Waals surface area contributed by atoms with Gasteiger partial charge in [-0.15, -0.1) is 0 Å². The Morgan fingerprint density at radius 2 is 1.92 bits per heavy atom. The standard InChI is InChI=1S/C22H21F2N5O7/c1-8-6-28-14-10(4-22(16(28)9(2)35-8)18(30)25-20(32)26-19(22)31)3-12-15(13(14)24)36-27-17(12)29-11(5-23)7-34-21(29)33/h3,8-9,11,16H,4-7H2,1-2H3,(H2,25,26,30,31,32)/t8-,9+,11-,16-/m1/s1. The second-order valence-corrected chi connectivity index (χ2v) is 9.47. The lowest BCUT2D eigenvalue weighted by Crippen LogP contribution is -2.75. The van der Waals surface area contributed by atoms with Crippen molar-refractivity contribution in [2.45, 2.75) is 44.6 Å². The first-order valence-electron chi connectivity index (χ1n) is 11.4. The third kappa shape index (κ3) is 2.84. The number of hydrogen-bond acceptors (Lipinski definition) is 9. The molecule has 0 saturated carbocycles. The summed E-state index contributed by atoms with van der Waals surface area (Å²) >= 11 is 0. The molecule has 3 saturated heterocycles. The van der Waals surface area contributed by atoms with Gasteiger partial charge in [0.15, 0.2) is 17.1 Å². The number of amides is 5. The van der Waals surface area contributed by atoms with Gasteiger partial charge >= 0.3 is 12.1 Å². The number of rotatable bonds is 2. The van der Waals surface area contributed by atoms with Crippen molar-refractivity contribution in [2.75, 3.05) is 29.6 Å². The van der Waals surface area contributed by atoms with Crippen molar-refractivity contribution in [3.05, 3.63) is 17.4 Å². The van der Waals surface area contributed by atoms with Crippen LogP contribution in [0.2, 0.25) is 0 Å². The predicted octanol–water partition coefficient (Wildman–Crippen LogP) is 1.15. The molecule has 0 bridgehead atoms. The van der Waals surface area contributed by atoms with Crippen molar-refractivity contribution >= 4 is 46.4 Å². The molecule has 1 spiro atoms. The zero-order valence-electron chi connectivity index (χ0n) is 19.2. The first-order valence-corrected chi connectivity index (χ1v) is 11.4. The van der Waals surface area contributed by atoms with Crippen molar-refractivity contribution < 1.29 is 42.0 Å². The Morgan fingerprint density at radius 1 is 1.19 bits per heavy atom. The number of halogens is 2. The van der Waals surface area contributed by atoms with Gasteiger partial charge in [-0.25, -0.2) is 23.3 Å². The van der Waals surface area contributed by atoms with Crippen LogP contribution in [-0.2, 0) is 25.5 Å². The van der Waals surface area contributed by atoms with Gasteiger partial charge in [-0.1, -0.05) is 5.16 Å². The zero-order chi connectivity index (χ0) is 25.5. The highest BCUT2D eigenvalue weighted by atomic mass is 19.1. The molecule has 0 aliphatic carbocycles. The molecule has 6 rings (SSSR count). The number of anilines is 2. The maximum absolute atomic E-state index is 16.1. The minimum atomic E-state index is -1.81. The van der Waals surface area contributed by atoms with Gasteiger partial charge in [-0.3, -0.25) is 20.2 Å². The van der Waals surface area contributed by atoms with Crippen LogP contribution in [0.15, 0.2) is 10.6 Å². The van der Waals surface area contributed by atoms with Crippen LogP contribution in [0.3, 0.4) is 0 Å². The highest BCUT2D eigenvalue weighted by molar-refractivity contribution is 6.20. The van der Waals surface area contributed by atoms with Gasteiger partial charge in [0.05, 0.1) is 29.3 Å². The molecule has 1 aromatic heterocycles. The van der Waals surface area contributed by atoms with Crippen LogP contribution in [0, 0.1) is 11.2 Å². The molecule has 2 aromatic rings. The summed E-state index contributed by atoms with van der Waals surface area (Å²) in [5.74, 6) is -2.59. The van der Waals surface area contributed by atoms with Crippen molar-refractivity contribution in [1.82, 2.24) is 15.8 Å². The lowest BCUT2D eigenvalue weighted by molar-refractivity contribution is -0.153. The Morgan fingerprint density at radius 3 is 2.61 bits per heavy atom. The number of carbonyl (C=O) groups excluding carboxylic acids is 4. The lowest BCUT2D eigenvalue weighted by Gasteiger charge is -2.55. The van der Waals surface area contributed by atoms with Crippen LogP contribution in [0.1, 0.15) is 19.4 Å². The number of benzene rings is 1. The van der Waals surface area contributed by atoms with Gasteiger partial charge in [0.2, 0.25) is 17.4 Å². The number of imide groups is 2. The van der Waals surface area contributed by atoms with Crippen LogP contribution < -0.4 is 20.4 Å². The average molecular weight is 505 g/mol. The molecule has 36 heavy (non-hydrogen) atoms. The van der Waals surface area contributed by atoms with Crippen LogP contribution in [0.4, 0.5) is 29.9 Å². The number of alkyl halides is 1. The summed E-state index contributed by atoms with van der Waals surface area (Å²) in [5.41, 5.74) is -1.72. The van der Waals surface area contributed by atoms with Gasteiger partial charge in [0.1, 0.15) is 19.3 Å². The first kappa shape index (κ1) is 22.6. The third-order valence-corrected chi connectivity index (χ3v) is 7.31. The fraction of sp³-hybridized carbons (Fsp3) is 0.500. The number of hydrogen-bond donors (Lipinski definition) is 2. The number of barbiturate groups is 1. The van der Waals surface area contributed by atoms with E-state index in [2.05, 4.69) is 15.8 Å². The van der Waals surface area contributed by atoms with E-state index in [0.717, 1.165) is 4.90 Å². The van der Waals surface area contributed by atoms with Crippen LogP contribution in [0.25, 0.3) is 11.0 Å². The van der Waals surface area contributed by atoms with E-state index in [4.69, 9.17) is 14.0 Å².